The van der Waals surface area contributed by atoms with Gasteiger partial charge in [0.15, 0.2) is 0 Å². The van der Waals surface area contributed by atoms with Gasteiger partial charge in [0.1, 0.15) is 5.75 Å². The van der Waals surface area contributed by atoms with E-state index in [1.165, 1.54) is 24.0 Å². The summed E-state index contributed by atoms with van der Waals surface area (Å²) in [5.41, 5.74) is 3.29. The zero-order valence-electron chi connectivity index (χ0n) is 15.1. The molecule has 4 nitrogen and oxygen atoms in total. The Kier molecular flexibility index (Phi) is 5.39. The molecule has 2 aromatic carbocycles. The van der Waals surface area contributed by atoms with Gasteiger partial charge in [0.25, 0.3) is 0 Å². The SMILES string of the molecule is COc1ccc(NC(=O)[C@H](C)N[C@H](c2ccc(C)cc2)C2CC2)cc1. The van der Waals surface area contributed by atoms with Crippen LogP contribution >= 0.6 is 0 Å². The van der Waals surface area contributed by atoms with Crippen LogP contribution in [-0.2, 0) is 4.79 Å². The summed E-state index contributed by atoms with van der Waals surface area (Å²) in [6.45, 7) is 4.01. The summed E-state index contributed by atoms with van der Waals surface area (Å²) >= 11 is 0. The molecule has 0 bridgehead atoms. The van der Waals surface area contributed by atoms with Crippen molar-refractivity contribution in [3.8, 4) is 5.75 Å². The van der Waals surface area contributed by atoms with Crippen LogP contribution < -0.4 is 15.4 Å². The third-order valence-electron chi connectivity index (χ3n) is 4.71. The lowest BCUT2D eigenvalue weighted by atomic mass is 10.00. The van der Waals surface area contributed by atoms with Gasteiger partial charge in [0, 0.05) is 11.7 Å². The monoisotopic (exact) mass is 338 g/mol. The van der Waals surface area contributed by atoms with E-state index in [-0.39, 0.29) is 18.0 Å². The van der Waals surface area contributed by atoms with Crippen LogP contribution in [0.4, 0.5) is 5.69 Å². The molecular formula is C21H26N2O2. The van der Waals surface area contributed by atoms with Gasteiger partial charge in [-0.3, -0.25) is 10.1 Å². The molecule has 3 rings (SSSR count). The second-order valence-corrected chi connectivity index (χ2v) is 6.83. The zero-order chi connectivity index (χ0) is 17.8. The van der Waals surface area contributed by atoms with Gasteiger partial charge >= 0.3 is 0 Å². The minimum Gasteiger partial charge on any atom is -0.497 e. The van der Waals surface area contributed by atoms with E-state index in [2.05, 4.69) is 41.8 Å². The molecule has 1 aliphatic rings. The summed E-state index contributed by atoms with van der Waals surface area (Å²) in [7, 11) is 1.63. The third kappa shape index (κ3) is 4.60. The van der Waals surface area contributed by atoms with Gasteiger partial charge in [0.05, 0.1) is 13.2 Å². The number of anilines is 1. The maximum Gasteiger partial charge on any atom is 0.241 e. The molecule has 1 saturated carbocycles. The maximum atomic E-state index is 12.5. The summed E-state index contributed by atoms with van der Waals surface area (Å²) in [6.07, 6.45) is 2.44. The fourth-order valence-electron chi connectivity index (χ4n) is 2.98. The van der Waals surface area contributed by atoms with Crippen molar-refractivity contribution in [3.63, 3.8) is 0 Å². The van der Waals surface area contributed by atoms with E-state index < -0.39 is 0 Å². The van der Waals surface area contributed by atoms with Crippen molar-refractivity contribution in [2.45, 2.75) is 38.8 Å². The van der Waals surface area contributed by atoms with Crippen LogP contribution in [0.1, 0.15) is 36.9 Å². The van der Waals surface area contributed by atoms with Crippen LogP contribution in [0, 0.1) is 12.8 Å². The lowest BCUT2D eigenvalue weighted by molar-refractivity contribution is -0.118. The van der Waals surface area contributed by atoms with Gasteiger partial charge in [-0.15, -0.1) is 0 Å². The van der Waals surface area contributed by atoms with Crippen LogP contribution in [0.5, 0.6) is 5.75 Å². The smallest absolute Gasteiger partial charge is 0.241 e. The van der Waals surface area contributed by atoms with Crippen molar-refractivity contribution in [1.82, 2.24) is 5.32 Å². The van der Waals surface area contributed by atoms with E-state index in [1.807, 2.05) is 31.2 Å². The highest BCUT2D eigenvalue weighted by atomic mass is 16.5. The Labute approximate surface area is 149 Å². The number of ether oxygens (including phenoxy) is 1. The Morgan fingerprint density at radius 3 is 2.28 bits per heavy atom. The van der Waals surface area contributed by atoms with E-state index in [4.69, 9.17) is 4.74 Å². The minimum absolute atomic E-state index is 0.0251. The van der Waals surface area contributed by atoms with Crippen LogP contribution in [0.25, 0.3) is 0 Å². The highest BCUT2D eigenvalue weighted by Crippen LogP contribution is 2.41. The average molecular weight is 338 g/mol. The highest BCUT2D eigenvalue weighted by molar-refractivity contribution is 5.94. The van der Waals surface area contributed by atoms with Gasteiger partial charge in [-0.2, -0.15) is 0 Å². The molecule has 4 heteroatoms. The van der Waals surface area contributed by atoms with Crippen molar-refractivity contribution >= 4 is 11.6 Å². The van der Waals surface area contributed by atoms with Crippen LogP contribution in [-0.4, -0.2) is 19.1 Å². The summed E-state index contributed by atoms with van der Waals surface area (Å²) in [6, 6.07) is 15.9. The Morgan fingerprint density at radius 1 is 1.08 bits per heavy atom. The minimum atomic E-state index is -0.269. The molecule has 0 spiro atoms. The molecule has 1 aliphatic carbocycles. The normalized spacial score (nSPS) is 16.1. The summed E-state index contributed by atoms with van der Waals surface area (Å²) in [4.78, 5) is 12.5. The molecule has 2 aromatic rings. The van der Waals surface area contributed by atoms with Crippen molar-refractivity contribution in [3.05, 3.63) is 59.7 Å². The first-order valence-electron chi connectivity index (χ1n) is 8.84. The number of methoxy groups -OCH3 is 1. The molecule has 2 N–H and O–H groups in total. The number of rotatable bonds is 7. The number of amides is 1. The van der Waals surface area contributed by atoms with Gasteiger partial charge in [0.2, 0.25) is 5.91 Å². The first-order chi connectivity index (χ1) is 12.1. The molecule has 1 amide bonds. The molecule has 1 fully saturated rings. The van der Waals surface area contributed by atoms with Gasteiger partial charge in [-0.25, -0.2) is 0 Å². The van der Waals surface area contributed by atoms with Crippen molar-refractivity contribution in [1.29, 1.82) is 0 Å². The van der Waals surface area contributed by atoms with Gasteiger partial charge < -0.3 is 10.1 Å². The summed E-state index contributed by atoms with van der Waals surface area (Å²) in [5.74, 6) is 1.37. The predicted octanol–water partition coefficient (Wildman–Crippen LogP) is 4.07. The number of carbonyl (C=O) groups is 1. The van der Waals surface area contributed by atoms with Crippen molar-refractivity contribution in [2.75, 3.05) is 12.4 Å². The molecule has 25 heavy (non-hydrogen) atoms. The van der Waals surface area contributed by atoms with E-state index in [0.717, 1.165) is 11.4 Å². The highest BCUT2D eigenvalue weighted by Gasteiger charge is 2.34. The molecular weight excluding hydrogens is 312 g/mol. The summed E-state index contributed by atoms with van der Waals surface area (Å²) < 4.78 is 5.14. The number of nitrogens with one attached hydrogen (secondary N) is 2. The largest absolute Gasteiger partial charge is 0.497 e. The van der Waals surface area contributed by atoms with E-state index >= 15 is 0 Å². The number of hydrogen-bond donors (Lipinski definition) is 2. The van der Waals surface area contributed by atoms with E-state index in [0.29, 0.717) is 5.92 Å². The van der Waals surface area contributed by atoms with Crippen molar-refractivity contribution < 1.29 is 9.53 Å². The topological polar surface area (TPSA) is 50.4 Å². The fourth-order valence-corrected chi connectivity index (χ4v) is 2.98. The molecule has 2 atom stereocenters. The lowest BCUT2D eigenvalue weighted by Gasteiger charge is -2.23. The molecule has 132 valence electrons. The Balaban J connectivity index is 1.63. The molecule has 0 unspecified atom stereocenters. The van der Waals surface area contributed by atoms with E-state index in [9.17, 15) is 4.79 Å². The summed E-state index contributed by atoms with van der Waals surface area (Å²) in [5, 5.41) is 6.48. The van der Waals surface area contributed by atoms with Crippen molar-refractivity contribution in [2.24, 2.45) is 5.92 Å². The zero-order valence-corrected chi connectivity index (χ0v) is 15.1. The standard InChI is InChI=1S/C21H26N2O2/c1-14-4-6-16(7-5-14)20(17-8-9-17)22-15(2)21(24)23-18-10-12-19(25-3)13-11-18/h4-7,10-13,15,17,20,22H,8-9H2,1-3H3,(H,23,24)/t15-,20+/m0/s1. The number of aryl methyl sites for hydroxylation is 1. The molecule has 0 saturated heterocycles. The first kappa shape index (κ1) is 17.5. The third-order valence-corrected chi connectivity index (χ3v) is 4.71. The number of hydrogen-bond acceptors (Lipinski definition) is 3. The maximum absolute atomic E-state index is 12.5. The second kappa shape index (κ2) is 7.70. The fraction of sp³-hybridized carbons (Fsp3) is 0.381. The Morgan fingerprint density at radius 2 is 1.72 bits per heavy atom. The first-order valence-corrected chi connectivity index (χ1v) is 8.84. The average Bonchev–Trinajstić information content (AvgIpc) is 3.46. The van der Waals surface area contributed by atoms with Crippen LogP contribution in [0.15, 0.2) is 48.5 Å². The molecule has 0 aromatic heterocycles. The van der Waals surface area contributed by atoms with Gasteiger partial charge in [-0.1, -0.05) is 29.8 Å². The number of benzene rings is 2. The Hall–Kier alpha value is -2.33. The van der Waals surface area contributed by atoms with Gasteiger partial charge in [-0.05, 0) is 62.4 Å². The quantitative estimate of drug-likeness (QED) is 0.800. The van der Waals surface area contributed by atoms with Crippen LogP contribution in [0.2, 0.25) is 0 Å². The van der Waals surface area contributed by atoms with Crippen LogP contribution in [0.3, 0.4) is 0 Å². The predicted molar refractivity (Wildman–Crippen MR) is 101 cm³/mol. The molecule has 0 radical (unpaired) electrons. The lowest BCUT2D eigenvalue weighted by Crippen LogP contribution is -2.40. The Bertz CT molecular complexity index is 706. The second-order valence-electron chi connectivity index (χ2n) is 6.83. The van der Waals surface area contributed by atoms with E-state index in [1.54, 1.807) is 7.11 Å². The molecule has 0 aliphatic heterocycles. The molecule has 0 heterocycles. The number of carbonyl (C=O) groups excluding carboxylic acids is 1.